The molecule has 1 aromatic carbocycles. The number of aliphatic hydroxyl groups excluding tert-OH is 1. The van der Waals surface area contributed by atoms with Crippen molar-refractivity contribution in [3.05, 3.63) is 47.5 Å². The van der Waals surface area contributed by atoms with Crippen LogP contribution in [0.3, 0.4) is 0 Å². The lowest BCUT2D eigenvalue weighted by Crippen LogP contribution is -2.20. The van der Waals surface area contributed by atoms with E-state index in [0.29, 0.717) is 16.5 Å². The van der Waals surface area contributed by atoms with Crippen molar-refractivity contribution in [1.29, 1.82) is 0 Å². The third kappa shape index (κ3) is 2.88. The average molecular weight is 266 g/mol. The van der Waals surface area contributed by atoms with Crippen LogP contribution in [0.15, 0.2) is 36.7 Å². The van der Waals surface area contributed by atoms with Crippen molar-refractivity contribution in [2.75, 3.05) is 5.32 Å². The molecular weight excluding hydrogens is 254 g/mol. The number of para-hydroxylation sites is 1. The van der Waals surface area contributed by atoms with Gasteiger partial charge in [0.05, 0.1) is 10.7 Å². The van der Waals surface area contributed by atoms with Crippen LogP contribution < -0.4 is 5.32 Å². The monoisotopic (exact) mass is 265 g/mol. The summed E-state index contributed by atoms with van der Waals surface area (Å²) >= 11 is 5.93. The van der Waals surface area contributed by atoms with Crippen LogP contribution in [-0.2, 0) is 17.9 Å². The molecule has 6 heteroatoms. The van der Waals surface area contributed by atoms with Gasteiger partial charge in [0.25, 0.3) is 0 Å². The number of halogens is 1. The average Bonchev–Trinajstić information content (AvgIpc) is 2.79. The smallest absolute Gasteiger partial charge is 0.244 e. The summed E-state index contributed by atoms with van der Waals surface area (Å²) in [5, 5.41) is 12.2. The van der Waals surface area contributed by atoms with Gasteiger partial charge in [-0.15, -0.1) is 0 Å². The van der Waals surface area contributed by atoms with Crippen molar-refractivity contribution in [1.82, 2.24) is 9.55 Å². The Kier molecular flexibility index (Phi) is 3.96. The number of carbonyl (C=O) groups is 1. The number of rotatable bonds is 4. The Morgan fingerprint density at radius 2 is 2.22 bits per heavy atom. The normalized spacial score (nSPS) is 10.3. The third-order valence-corrected chi connectivity index (χ3v) is 2.73. The van der Waals surface area contributed by atoms with Crippen LogP contribution >= 0.6 is 11.6 Å². The Hall–Kier alpha value is -1.85. The number of carbonyl (C=O) groups excluding carboxylic acids is 1. The van der Waals surface area contributed by atoms with Gasteiger partial charge in [-0.3, -0.25) is 4.79 Å². The molecule has 2 N–H and O–H groups in total. The van der Waals surface area contributed by atoms with E-state index < -0.39 is 0 Å². The fraction of sp³-hybridized carbons (Fsp3) is 0.167. The van der Waals surface area contributed by atoms with Gasteiger partial charge in [-0.1, -0.05) is 23.7 Å². The second kappa shape index (κ2) is 5.66. The number of imidazole rings is 1. The van der Waals surface area contributed by atoms with Crippen LogP contribution in [0, 0.1) is 0 Å². The summed E-state index contributed by atoms with van der Waals surface area (Å²) in [5.74, 6) is 0.222. The number of benzene rings is 1. The molecule has 5 nitrogen and oxygen atoms in total. The molecule has 0 saturated heterocycles. The quantitative estimate of drug-likeness (QED) is 0.884. The van der Waals surface area contributed by atoms with Gasteiger partial charge in [0.1, 0.15) is 19.0 Å². The maximum Gasteiger partial charge on any atom is 0.244 e. The summed E-state index contributed by atoms with van der Waals surface area (Å²) in [6.45, 7) is -0.118. The van der Waals surface area contributed by atoms with Gasteiger partial charge in [0.15, 0.2) is 0 Å². The first-order valence-electron chi connectivity index (χ1n) is 5.36. The molecule has 2 rings (SSSR count). The predicted molar refractivity (Wildman–Crippen MR) is 68.2 cm³/mol. The zero-order valence-corrected chi connectivity index (χ0v) is 10.3. The van der Waals surface area contributed by atoms with Crippen molar-refractivity contribution in [3.8, 4) is 0 Å². The number of anilines is 1. The highest BCUT2D eigenvalue weighted by atomic mass is 35.5. The van der Waals surface area contributed by atoms with E-state index in [1.54, 1.807) is 35.0 Å². The van der Waals surface area contributed by atoms with Gasteiger partial charge in [-0.25, -0.2) is 4.98 Å². The number of hydrogen-bond acceptors (Lipinski definition) is 3. The second-order valence-corrected chi connectivity index (χ2v) is 4.06. The summed E-state index contributed by atoms with van der Waals surface area (Å²) in [6, 6.07) is 7.00. The lowest BCUT2D eigenvalue weighted by Gasteiger charge is -2.08. The molecule has 0 atom stereocenters. The van der Waals surface area contributed by atoms with Gasteiger partial charge in [0, 0.05) is 12.4 Å². The standard InChI is InChI=1S/C12H12ClN3O2/c13-9-3-1-2-4-10(9)15-12(18)7-16-6-5-14-11(16)8-17/h1-6,17H,7-8H2,(H,15,18). The zero-order valence-electron chi connectivity index (χ0n) is 9.51. The summed E-state index contributed by atoms with van der Waals surface area (Å²) in [6.07, 6.45) is 3.17. The van der Waals surface area contributed by atoms with Crippen LogP contribution in [-0.4, -0.2) is 20.6 Å². The van der Waals surface area contributed by atoms with E-state index in [1.165, 1.54) is 6.20 Å². The SMILES string of the molecule is O=C(Cn1ccnc1CO)Nc1ccccc1Cl. The van der Waals surface area contributed by atoms with E-state index >= 15 is 0 Å². The molecule has 0 radical (unpaired) electrons. The third-order valence-electron chi connectivity index (χ3n) is 2.41. The molecule has 0 aliphatic carbocycles. The van der Waals surface area contributed by atoms with Crippen molar-refractivity contribution in [2.24, 2.45) is 0 Å². The first-order valence-corrected chi connectivity index (χ1v) is 5.73. The fourth-order valence-electron chi connectivity index (χ4n) is 1.54. The number of aliphatic hydroxyl groups is 1. The molecule has 94 valence electrons. The molecule has 2 aromatic rings. The maximum atomic E-state index is 11.8. The summed E-state index contributed by atoms with van der Waals surface area (Å²) in [4.78, 5) is 15.7. The molecule has 18 heavy (non-hydrogen) atoms. The van der Waals surface area contributed by atoms with Gasteiger partial charge in [0.2, 0.25) is 5.91 Å². The molecule has 0 bridgehead atoms. The first-order chi connectivity index (χ1) is 8.70. The van der Waals surface area contributed by atoms with Crippen molar-refractivity contribution in [2.45, 2.75) is 13.2 Å². The maximum absolute atomic E-state index is 11.8. The minimum atomic E-state index is -0.226. The summed E-state index contributed by atoms with van der Waals surface area (Å²) < 4.78 is 1.58. The number of aromatic nitrogens is 2. The highest BCUT2D eigenvalue weighted by molar-refractivity contribution is 6.33. The number of nitrogens with zero attached hydrogens (tertiary/aromatic N) is 2. The Morgan fingerprint density at radius 3 is 2.94 bits per heavy atom. The second-order valence-electron chi connectivity index (χ2n) is 3.66. The minimum Gasteiger partial charge on any atom is -0.388 e. The van der Waals surface area contributed by atoms with Crippen LogP contribution in [0.1, 0.15) is 5.82 Å². The van der Waals surface area contributed by atoms with E-state index in [-0.39, 0.29) is 19.1 Å². The highest BCUT2D eigenvalue weighted by Gasteiger charge is 2.08. The van der Waals surface area contributed by atoms with Gasteiger partial charge in [-0.05, 0) is 12.1 Å². The summed E-state index contributed by atoms with van der Waals surface area (Å²) in [7, 11) is 0. The molecular formula is C12H12ClN3O2. The van der Waals surface area contributed by atoms with Gasteiger partial charge in [-0.2, -0.15) is 0 Å². The molecule has 0 saturated carbocycles. The largest absolute Gasteiger partial charge is 0.388 e. The Labute approximate surface area is 109 Å². The Morgan fingerprint density at radius 1 is 1.44 bits per heavy atom. The van der Waals surface area contributed by atoms with Crippen molar-refractivity contribution in [3.63, 3.8) is 0 Å². The number of hydrogen-bond donors (Lipinski definition) is 2. The summed E-state index contributed by atoms with van der Waals surface area (Å²) in [5.41, 5.74) is 0.565. The van der Waals surface area contributed by atoms with Gasteiger partial charge >= 0.3 is 0 Å². The Bertz CT molecular complexity index is 554. The van der Waals surface area contributed by atoms with Crippen LogP contribution in [0.2, 0.25) is 5.02 Å². The van der Waals surface area contributed by atoms with E-state index in [9.17, 15) is 4.79 Å². The molecule has 0 fully saturated rings. The lowest BCUT2D eigenvalue weighted by molar-refractivity contribution is -0.116. The van der Waals surface area contributed by atoms with E-state index in [0.717, 1.165) is 0 Å². The van der Waals surface area contributed by atoms with E-state index in [2.05, 4.69) is 10.3 Å². The molecule has 0 aliphatic heterocycles. The minimum absolute atomic E-state index is 0.0844. The predicted octanol–water partition coefficient (Wildman–Crippen LogP) is 1.67. The van der Waals surface area contributed by atoms with E-state index in [4.69, 9.17) is 16.7 Å². The molecule has 1 aromatic heterocycles. The van der Waals surface area contributed by atoms with Crippen LogP contribution in [0.5, 0.6) is 0 Å². The van der Waals surface area contributed by atoms with E-state index in [1.807, 2.05) is 0 Å². The van der Waals surface area contributed by atoms with Crippen molar-refractivity contribution < 1.29 is 9.90 Å². The van der Waals surface area contributed by atoms with Crippen LogP contribution in [0.25, 0.3) is 0 Å². The lowest BCUT2D eigenvalue weighted by atomic mass is 10.3. The Balaban J connectivity index is 2.04. The van der Waals surface area contributed by atoms with Crippen molar-refractivity contribution >= 4 is 23.2 Å². The zero-order chi connectivity index (χ0) is 13.0. The first kappa shape index (κ1) is 12.6. The molecule has 1 amide bonds. The highest BCUT2D eigenvalue weighted by Crippen LogP contribution is 2.20. The van der Waals surface area contributed by atoms with Crippen LogP contribution in [0.4, 0.5) is 5.69 Å². The molecule has 1 heterocycles. The molecule has 0 unspecified atom stereocenters. The number of nitrogens with one attached hydrogen (secondary N) is 1. The topological polar surface area (TPSA) is 67.2 Å². The molecule has 0 aliphatic rings. The molecule has 0 spiro atoms. The number of amides is 1. The fourth-order valence-corrected chi connectivity index (χ4v) is 1.73. The van der Waals surface area contributed by atoms with Gasteiger partial charge < -0.3 is 15.0 Å².